The zero-order valence-electron chi connectivity index (χ0n) is 10.6. The zero-order valence-corrected chi connectivity index (χ0v) is 10.6. The summed E-state index contributed by atoms with van der Waals surface area (Å²) < 4.78 is 25.7. The van der Waals surface area contributed by atoms with E-state index < -0.39 is 11.6 Å². The number of carbonyl (C=O) groups is 1. The van der Waals surface area contributed by atoms with Crippen molar-refractivity contribution in [2.45, 2.75) is 25.8 Å². The normalized spacial score (nSPS) is 12.3. The van der Waals surface area contributed by atoms with Gasteiger partial charge in [0.1, 0.15) is 0 Å². The molecule has 0 heterocycles. The van der Waals surface area contributed by atoms with Crippen molar-refractivity contribution in [3.63, 3.8) is 0 Å². The second kappa shape index (κ2) is 6.44. The van der Waals surface area contributed by atoms with Crippen LogP contribution in [0.5, 0.6) is 0 Å². The van der Waals surface area contributed by atoms with Gasteiger partial charge < -0.3 is 10.6 Å². The molecule has 0 aliphatic heterocycles. The molecule has 0 fully saturated rings. The average Bonchev–Trinajstić information content (AvgIpc) is 2.30. The number of benzene rings is 1. The van der Waals surface area contributed by atoms with Gasteiger partial charge in [-0.15, -0.1) is 0 Å². The van der Waals surface area contributed by atoms with Crippen LogP contribution in [0.25, 0.3) is 0 Å². The fourth-order valence-electron chi connectivity index (χ4n) is 1.48. The van der Waals surface area contributed by atoms with Gasteiger partial charge in [-0.3, -0.25) is 4.79 Å². The van der Waals surface area contributed by atoms with Crippen LogP contribution in [0.1, 0.15) is 18.9 Å². The highest BCUT2D eigenvalue weighted by atomic mass is 19.2. The van der Waals surface area contributed by atoms with Crippen LogP contribution in [-0.2, 0) is 11.2 Å². The molecule has 1 atom stereocenters. The van der Waals surface area contributed by atoms with Crippen molar-refractivity contribution in [3.05, 3.63) is 35.4 Å². The number of halogens is 2. The molecule has 1 rings (SSSR count). The average molecular weight is 256 g/mol. The second-order valence-corrected chi connectivity index (χ2v) is 4.51. The quantitative estimate of drug-likeness (QED) is 0.871. The van der Waals surface area contributed by atoms with Crippen LogP contribution in [0.2, 0.25) is 0 Å². The summed E-state index contributed by atoms with van der Waals surface area (Å²) >= 11 is 0. The van der Waals surface area contributed by atoms with Crippen LogP contribution in [0.3, 0.4) is 0 Å². The second-order valence-electron chi connectivity index (χ2n) is 4.51. The van der Waals surface area contributed by atoms with Crippen LogP contribution in [-0.4, -0.2) is 30.4 Å². The first-order valence-electron chi connectivity index (χ1n) is 5.83. The Bertz CT molecular complexity index is 421. The lowest BCUT2D eigenvalue weighted by atomic mass is 10.1. The maximum atomic E-state index is 13.0. The molecular formula is C13H18F2N2O. The fourth-order valence-corrected chi connectivity index (χ4v) is 1.48. The van der Waals surface area contributed by atoms with E-state index in [1.165, 1.54) is 6.07 Å². The zero-order chi connectivity index (χ0) is 13.7. The predicted octanol–water partition coefficient (Wildman–Crippen LogP) is 1.70. The largest absolute Gasteiger partial charge is 0.345 e. The van der Waals surface area contributed by atoms with Gasteiger partial charge >= 0.3 is 0 Å². The van der Waals surface area contributed by atoms with Crippen molar-refractivity contribution in [1.29, 1.82) is 0 Å². The SMILES string of the molecule is CC(N)CCN(C)C(=O)Cc1ccc(F)c(F)c1. The predicted molar refractivity (Wildman–Crippen MR) is 66.0 cm³/mol. The Morgan fingerprint density at radius 2 is 2.06 bits per heavy atom. The van der Waals surface area contributed by atoms with Crippen LogP contribution < -0.4 is 5.73 Å². The third kappa shape index (κ3) is 4.41. The molecule has 5 heteroatoms. The number of carbonyl (C=O) groups excluding carboxylic acids is 1. The first kappa shape index (κ1) is 14.6. The summed E-state index contributed by atoms with van der Waals surface area (Å²) in [6.07, 6.45) is 0.771. The highest BCUT2D eigenvalue weighted by molar-refractivity contribution is 5.78. The number of likely N-dealkylation sites (N-methyl/N-ethyl adjacent to an activating group) is 1. The van der Waals surface area contributed by atoms with Gasteiger partial charge in [0.2, 0.25) is 5.91 Å². The van der Waals surface area contributed by atoms with Crippen molar-refractivity contribution in [1.82, 2.24) is 4.90 Å². The summed E-state index contributed by atoms with van der Waals surface area (Å²) in [7, 11) is 1.67. The first-order valence-corrected chi connectivity index (χ1v) is 5.83. The molecule has 3 nitrogen and oxygen atoms in total. The molecule has 0 aliphatic carbocycles. The molecule has 1 aromatic rings. The summed E-state index contributed by atoms with van der Waals surface area (Å²) in [6.45, 7) is 2.42. The number of hydrogen-bond donors (Lipinski definition) is 1. The summed E-state index contributed by atoms with van der Waals surface area (Å²) in [5.41, 5.74) is 6.07. The summed E-state index contributed by atoms with van der Waals surface area (Å²) in [5, 5.41) is 0. The number of rotatable bonds is 5. The van der Waals surface area contributed by atoms with Crippen LogP contribution in [0.4, 0.5) is 8.78 Å². The molecule has 1 amide bonds. The Kier molecular flexibility index (Phi) is 5.22. The third-order valence-corrected chi connectivity index (χ3v) is 2.68. The number of nitrogens with two attached hydrogens (primary N) is 1. The maximum absolute atomic E-state index is 13.0. The lowest BCUT2D eigenvalue weighted by molar-refractivity contribution is -0.129. The van der Waals surface area contributed by atoms with Crippen LogP contribution in [0.15, 0.2) is 18.2 Å². The van der Waals surface area contributed by atoms with E-state index in [4.69, 9.17) is 5.73 Å². The van der Waals surface area contributed by atoms with Crippen molar-refractivity contribution < 1.29 is 13.6 Å². The molecule has 18 heavy (non-hydrogen) atoms. The van der Waals surface area contributed by atoms with E-state index in [2.05, 4.69) is 0 Å². The van der Waals surface area contributed by atoms with Crippen molar-refractivity contribution >= 4 is 5.91 Å². The van der Waals surface area contributed by atoms with Crippen molar-refractivity contribution in [2.75, 3.05) is 13.6 Å². The molecule has 0 aromatic heterocycles. The third-order valence-electron chi connectivity index (χ3n) is 2.68. The number of nitrogens with zero attached hydrogens (tertiary/aromatic N) is 1. The standard InChI is InChI=1S/C13H18F2N2O/c1-9(16)5-6-17(2)13(18)8-10-3-4-11(14)12(15)7-10/h3-4,7,9H,5-6,8,16H2,1-2H3. The Labute approximate surface area is 106 Å². The van der Waals surface area contributed by atoms with Crippen LogP contribution in [0, 0.1) is 11.6 Å². The Hall–Kier alpha value is -1.49. The van der Waals surface area contributed by atoms with Gasteiger partial charge in [-0.25, -0.2) is 8.78 Å². The smallest absolute Gasteiger partial charge is 0.226 e. The molecule has 0 bridgehead atoms. The topological polar surface area (TPSA) is 46.3 Å². The molecule has 0 saturated carbocycles. The monoisotopic (exact) mass is 256 g/mol. The van der Waals surface area contributed by atoms with Gasteiger partial charge in [0.15, 0.2) is 11.6 Å². The minimum Gasteiger partial charge on any atom is -0.345 e. The van der Waals surface area contributed by atoms with E-state index >= 15 is 0 Å². The van der Waals surface area contributed by atoms with Gasteiger partial charge in [-0.2, -0.15) is 0 Å². The van der Waals surface area contributed by atoms with Gasteiger partial charge in [0, 0.05) is 19.6 Å². The van der Waals surface area contributed by atoms with E-state index in [1.54, 1.807) is 11.9 Å². The van der Waals surface area contributed by atoms with Gasteiger partial charge in [0.25, 0.3) is 0 Å². The van der Waals surface area contributed by atoms with E-state index in [1.807, 2.05) is 6.92 Å². The van der Waals surface area contributed by atoms with E-state index in [0.717, 1.165) is 12.1 Å². The van der Waals surface area contributed by atoms with Crippen LogP contribution >= 0.6 is 0 Å². The molecule has 0 aliphatic rings. The molecule has 0 spiro atoms. The summed E-state index contributed by atoms with van der Waals surface area (Å²) in [4.78, 5) is 13.3. The summed E-state index contributed by atoms with van der Waals surface area (Å²) in [6, 6.07) is 3.52. The molecule has 1 aromatic carbocycles. The van der Waals surface area contributed by atoms with E-state index in [-0.39, 0.29) is 18.4 Å². The fraction of sp³-hybridized carbons (Fsp3) is 0.462. The van der Waals surface area contributed by atoms with E-state index in [9.17, 15) is 13.6 Å². The van der Waals surface area contributed by atoms with Crippen molar-refractivity contribution in [2.24, 2.45) is 5.73 Å². The Balaban J connectivity index is 2.55. The molecule has 0 saturated heterocycles. The highest BCUT2D eigenvalue weighted by Crippen LogP contribution is 2.10. The number of hydrogen-bond acceptors (Lipinski definition) is 2. The Morgan fingerprint density at radius 3 is 2.61 bits per heavy atom. The van der Waals surface area contributed by atoms with Crippen molar-refractivity contribution in [3.8, 4) is 0 Å². The number of amides is 1. The minimum atomic E-state index is -0.932. The highest BCUT2D eigenvalue weighted by Gasteiger charge is 2.11. The van der Waals surface area contributed by atoms with Gasteiger partial charge in [0.05, 0.1) is 6.42 Å². The van der Waals surface area contributed by atoms with Gasteiger partial charge in [-0.1, -0.05) is 6.07 Å². The van der Waals surface area contributed by atoms with E-state index in [0.29, 0.717) is 18.5 Å². The molecular weight excluding hydrogens is 238 g/mol. The Morgan fingerprint density at radius 1 is 1.39 bits per heavy atom. The summed E-state index contributed by atoms with van der Waals surface area (Å²) in [5.74, 6) is -1.98. The minimum absolute atomic E-state index is 0.0310. The molecule has 100 valence electrons. The lowest BCUT2D eigenvalue weighted by Gasteiger charge is -2.18. The first-order chi connectivity index (χ1) is 8.40. The van der Waals surface area contributed by atoms with Gasteiger partial charge in [-0.05, 0) is 31.0 Å². The lowest BCUT2D eigenvalue weighted by Crippen LogP contribution is -2.32. The molecule has 1 unspecified atom stereocenters. The molecule has 2 N–H and O–H groups in total. The molecule has 0 radical (unpaired) electrons. The maximum Gasteiger partial charge on any atom is 0.226 e.